The van der Waals surface area contributed by atoms with E-state index >= 15 is 0 Å². The zero-order valence-corrected chi connectivity index (χ0v) is 15.3. The number of nitrogens with zero attached hydrogens (tertiary/aromatic N) is 2. The Hall–Kier alpha value is -0.790. The Kier molecular flexibility index (Phi) is 11.1. The van der Waals surface area contributed by atoms with Gasteiger partial charge in [-0.1, -0.05) is 78.1 Å². The minimum atomic E-state index is 0.956. The van der Waals surface area contributed by atoms with Gasteiger partial charge in [0, 0.05) is 18.9 Å². The third-order valence-electron chi connectivity index (χ3n) is 4.87. The van der Waals surface area contributed by atoms with Crippen LogP contribution in [0.1, 0.15) is 96.7 Å². The molecular weight excluding hydrogens is 268 g/mol. The lowest BCUT2D eigenvalue weighted by Gasteiger charge is -2.17. The molecule has 0 bridgehead atoms. The molecule has 2 heteroatoms. The number of aromatic nitrogens is 2. The van der Waals surface area contributed by atoms with Gasteiger partial charge in [0.25, 0.3) is 0 Å². The summed E-state index contributed by atoms with van der Waals surface area (Å²) in [5.41, 5.74) is 0. The average Bonchev–Trinajstić information content (AvgIpc) is 2.92. The number of hydrogen-bond donors (Lipinski definition) is 0. The average molecular weight is 307 g/mol. The SMILES string of the molecule is CCCCCCC(CCCCCC)CCCn1ccnc1C. The molecule has 0 amide bonds. The lowest BCUT2D eigenvalue weighted by Crippen LogP contribution is -2.05. The molecule has 1 aromatic heterocycles. The van der Waals surface area contributed by atoms with E-state index in [2.05, 4.69) is 36.5 Å². The van der Waals surface area contributed by atoms with Crippen molar-refractivity contribution in [3.8, 4) is 0 Å². The number of unbranched alkanes of at least 4 members (excludes halogenated alkanes) is 6. The van der Waals surface area contributed by atoms with Crippen LogP contribution < -0.4 is 0 Å². The van der Waals surface area contributed by atoms with Gasteiger partial charge in [0.15, 0.2) is 0 Å². The van der Waals surface area contributed by atoms with Crippen molar-refractivity contribution in [2.45, 2.75) is 104 Å². The number of imidazole rings is 1. The molecule has 0 aromatic carbocycles. The summed E-state index contributed by atoms with van der Waals surface area (Å²) < 4.78 is 2.30. The normalized spacial score (nSPS) is 11.5. The van der Waals surface area contributed by atoms with Gasteiger partial charge in [-0.2, -0.15) is 0 Å². The van der Waals surface area contributed by atoms with Crippen LogP contribution in [0.25, 0.3) is 0 Å². The van der Waals surface area contributed by atoms with E-state index in [4.69, 9.17) is 0 Å². The van der Waals surface area contributed by atoms with Gasteiger partial charge in [-0.05, 0) is 25.7 Å². The van der Waals surface area contributed by atoms with Crippen LogP contribution in [0.5, 0.6) is 0 Å². The Morgan fingerprint density at radius 3 is 1.95 bits per heavy atom. The van der Waals surface area contributed by atoms with Crippen LogP contribution in [-0.4, -0.2) is 9.55 Å². The summed E-state index contributed by atoms with van der Waals surface area (Å²) in [6, 6.07) is 0. The van der Waals surface area contributed by atoms with Crippen LogP contribution in [0, 0.1) is 12.8 Å². The van der Waals surface area contributed by atoms with Crippen molar-refractivity contribution >= 4 is 0 Å². The van der Waals surface area contributed by atoms with Crippen LogP contribution in [0.4, 0.5) is 0 Å². The summed E-state index contributed by atoms with van der Waals surface area (Å²) in [6.07, 6.45) is 20.9. The van der Waals surface area contributed by atoms with Crippen LogP contribution in [-0.2, 0) is 6.54 Å². The van der Waals surface area contributed by atoms with Gasteiger partial charge in [-0.25, -0.2) is 4.98 Å². The molecule has 0 saturated carbocycles. The Labute approximate surface area is 138 Å². The number of rotatable bonds is 14. The van der Waals surface area contributed by atoms with E-state index in [-0.39, 0.29) is 0 Å². The molecule has 1 aromatic rings. The summed E-state index contributed by atoms with van der Waals surface area (Å²) >= 11 is 0. The molecule has 0 fully saturated rings. The molecule has 0 N–H and O–H groups in total. The smallest absolute Gasteiger partial charge is 0.105 e. The van der Waals surface area contributed by atoms with E-state index in [1.54, 1.807) is 0 Å². The second kappa shape index (κ2) is 12.7. The van der Waals surface area contributed by atoms with Crippen molar-refractivity contribution in [2.75, 3.05) is 0 Å². The zero-order chi connectivity index (χ0) is 16.0. The molecule has 0 aliphatic heterocycles. The highest BCUT2D eigenvalue weighted by Crippen LogP contribution is 2.23. The van der Waals surface area contributed by atoms with Crippen molar-refractivity contribution in [1.29, 1.82) is 0 Å². The first-order valence-electron chi connectivity index (χ1n) is 9.75. The summed E-state index contributed by atoms with van der Waals surface area (Å²) in [6.45, 7) is 7.85. The summed E-state index contributed by atoms with van der Waals surface area (Å²) in [7, 11) is 0. The van der Waals surface area contributed by atoms with Crippen molar-refractivity contribution in [3.63, 3.8) is 0 Å². The van der Waals surface area contributed by atoms with E-state index in [1.807, 2.05) is 6.20 Å². The van der Waals surface area contributed by atoms with E-state index < -0.39 is 0 Å². The summed E-state index contributed by atoms with van der Waals surface area (Å²) in [4.78, 5) is 4.32. The number of aryl methyl sites for hydroxylation is 2. The topological polar surface area (TPSA) is 17.8 Å². The Morgan fingerprint density at radius 2 is 1.45 bits per heavy atom. The molecule has 0 spiro atoms. The molecule has 1 heterocycles. The molecule has 0 aliphatic rings. The summed E-state index contributed by atoms with van der Waals surface area (Å²) in [5.74, 6) is 2.11. The second-order valence-corrected chi connectivity index (χ2v) is 6.87. The minimum absolute atomic E-state index is 0.956. The van der Waals surface area contributed by atoms with Crippen molar-refractivity contribution in [3.05, 3.63) is 18.2 Å². The predicted molar refractivity (Wildman–Crippen MR) is 97.2 cm³/mol. The van der Waals surface area contributed by atoms with Crippen LogP contribution in [0.3, 0.4) is 0 Å². The van der Waals surface area contributed by atoms with E-state index in [9.17, 15) is 0 Å². The lowest BCUT2D eigenvalue weighted by molar-refractivity contribution is 0.364. The summed E-state index contributed by atoms with van der Waals surface area (Å²) in [5, 5.41) is 0. The first-order chi connectivity index (χ1) is 10.8. The fourth-order valence-electron chi connectivity index (χ4n) is 3.34. The third kappa shape index (κ3) is 8.60. The maximum Gasteiger partial charge on any atom is 0.105 e. The highest BCUT2D eigenvalue weighted by Gasteiger charge is 2.09. The molecular formula is C20H38N2. The Balaban J connectivity index is 2.24. The van der Waals surface area contributed by atoms with Crippen molar-refractivity contribution in [1.82, 2.24) is 9.55 Å². The zero-order valence-electron chi connectivity index (χ0n) is 15.3. The molecule has 0 unspecified atom stereocenters. The maximum atomic E-state index is 4.32. The molecule has 0 aliphatic carbocycles. The van der Waals surface area contributed by atoms with Crippen LogP contribution >= 0.6 is 0 Å². The first-order valence-corrected chi connectivity index (χ1v) is 9.75. The highest BCUT2D eigenvalue weighted by molar-refractivity contribution is 4.88. The van der Waals surface area contributed by atoms with E-state index in [1.165, 1.54) is 77.0 Å². The van der Waals surface area contributed by atoms with Crippen molar-refractivity contribution in [2.24, 2.45) is 5.92 Å². The van der Waals surface area contributed by atoms with Gasteiger partial charge in [0.1, 0.15) is 5.82 Å². The van der Waals surface area contributed by atoms with Gasteiger partial charge in [-0.15, -0.1) is 0 Å². The van der Waals surface area contributed by atoms with Crippen LogP contribution in [0.15, 0.2) is 12.4 Å². The molecule has 22 heavy (non-hydrogen) atoms. The van der Waals surface area contributed by atoms with E-state index in [0.29, 0.717) is 0 Å². The second-order valence-electron chi connectivity index (χ2n) is 6.87. The Bertz CT molecular complexity index is 344. The van der Waals surface area contributed by atoms with Crippen molar-refractivity contribution < 1.29 is 0 Å². The van der Waals surface area contributed by atoms with Gasteiger partial charge in [0.2, 0.25) is 0 Å². The van der Waals surface area contributed by atoms with Gasteiger partial charge in [0.05, 0.1) is 0 Å². The highest BCUT2D eigenvalue weighted by atomic mass is 15.0. The molecule has 0 atom stereocenters. The Morgan fingerprint density at radius 1 is 0.864 bits per heavy atom. The standard InChI is InChI=1S/C20H38N2/c1-4-6-8-10-13-20(14-11-9-7-5-2)15-12-17-22-18-16-21-19(22)3/h16,18,20H,4-15,17H2,1-3H3. The molecule has 1 rings (SSSR count). The molecule has 0 saturated heterocycles. The quantitative estimate of drug-likeness (QED) is 0.357. The van der Waals surface area contributed by atoms with Crippen LogP contribution in [0.2, 0.25) is 0 Å². The minimum Gasteiger partial charge on any atom is -0.335 e. The maximum absolute atomic E-state index is 4.32. The van der Waals surface area contributed by atoms with Gasteiger partial charge in [-0.3, -0.25) is 0 Å². The molecule has 0 radical (unpaired) electrons. The number of hydrogen-bond acceptors (Lipinski definition) is 1. The largest absolute Gasteiger partial charge is 0.335 e. The first kappa shape index (κ1) is 19.3. The monoisotopic (exact) mass is 306 g/mol. The van der Waals surface area contributed by atoms with E-state index in [0.717, 1.165) is 18.3 Å². The molecule has 2 nitrogen and oxygen atoms in total. The fourth-order valence-corrected chi connectivity index (χ4v) is 3.34. The predicted octanol–water partition coefficient (Wildman–Crippen LogP) is 6.53. The lowest BCUT2D eigenvalue weighted by atomic mass is 9.90. The van der Waals surface area contributed by atoms with Gasteiger partial charge >= 0.3 is 0 Å². The van der Waals surface area contributed by atoms with Gasteiger partial charge < -0.3 is 4.57 Å². The fraction of sp³-hybridized carbons (Fsp3) is 0.850. The third-order valence-corrected chi connectivity index (χ3v) is 4.87. The molecule has 128 valence electrons.